The fourth-order valence-electron chi connectivity index (χ4n) is 2.14. The third kappa shape index (κ3) is 7.22. The van der Waals surface area contributed by atoms with Crippen molar-refractivity contribution >= 4 is 40.1 Å². The minimum atomic E-state index is -0.258. The summed E-state index contributed by atoms with van der Waals surface area (Å²) in [5, 5.41) is 18.0. The molecule has 1 heterocycles. The fraction of sp³-hybridized carbons (Fsp3) is 0.263. The largest absolute Gasteiger partial charge is 0.355 e. The lowest BCUT2D eigenvalue weighted by Gasteiger charge is -2.26. The molecular formula is C19H21IN6O. The maximum absolute atomic E-state index is 12.3. The van der Waals surface area contributed by atoms with Crippen LogP contribution in [0.2, 0.25) is 0 Å². The van der Waals surface area contributed by atoms with Gasteiger partial charge in [0, 0.05) is 28.4 Å². The first-order chi connectivity index (χ1) is 12.9. The van der Waals surface area contributed by atoms with E-state index < -0.39 is 0 Å². The zero-order valence-electron chi connectivity index (χ0n) is 15.2. The van der Waals surface area contributed by atoms with Crippen molar-refractivity contribution in [1.82, 2.24) is 15.6 Å². The molecule has 1 amide bonds. The maximum Gasteiger partial charge on any atom is 0.251 e. The molecule has 8 heteroatoms. The topological polar surface area (TPSA) is 102 Å². The number of carbonyl (C=O) groups is 1. The van der Waals surface area contributed by atoms with Gasteiger partial charge in [-0.05, 0) is 64.4 Å². The third-order valence-corrected chi connectivity index (χ3v) is 4.37. The summed E-state index contributed by atoms with van der Waals surface area (Å²) in [4.78, 5) is 20.0. The fourth-order valence-corrected chi connectivity index (χ4v) is 2.50. The third-order valence-electron chi connectivity index (χ3n) is 3.65. The molecule has 0 radical (unpaired) electrons. The summed E-state index contributed by atoms with van der Waals surface area (Å²) in [6, 6.07) is 11.0. The number of amides is 1. The lowest BCUT2D eigenvalue weighted by atomic mass is 9.93. The van der Waals surface area contributed by atoms with E-state index in [0.717, 1.165) is 9.26 Å². The lowest BCUT2D eigenvalue weighted by molar-refractivity contribution is 0.0937. The van der Waals surface area contributed by atoms with Crippen LogP contribution in [-0.2, 0) is 0 Å². The van der Waals surface area contributed by atoms with Crippen molar-refractivity contribution < 1.29 is 4.79 Å². The number of carbonyl (C=O) groups excluding carboxylic acids is 1. The second-order valence-electron chi connectivity index (χ2n) is 6.63. The molecule has 1 aromatic carbocycles. The van der Waals surface area contributed by atoms with Gasteiger partial charge < -0.3 is 16.0 Å². The Morgan fingerprint density at radius 2 is 1.93 bits per heavy atom. The van der Waals surface area contributed by atoms with Crippen LogP contribution in [-0.4, -0.2) is 29.9 Å². The predicted octanol–water partition coefficient (Wildman–Crippen LogP) is 2.98. The maximum atomic E-state index is 12.3. The van der Waals surface area contributed by atoms with E-state index in [1.54, 1.807) is 36.8 Å². The van der Waals surface area contributed by atoms with Crippen LogP contribution in [0.15, 0.2) is 53.8 Å². The molecule has 0 aliphatic carbocycles. The summed E-state index contributed by atoms with van der Waals surface area (Å²) in [5.74, 6) is 0.224. The van der Waals surface area contributed by atoms with E-state index in [4.69, 9.17) is 5.26 Å². The molecule has 0 atom stereocenters. The number of anilines is 1. The molecule has 1 aromatic heterocycles. The predicted molar refractivity (Wildman–Crippen MR) is 114 cm³/mol. The molecule has 0 unspecified atom stereocenters. The van der Waals surface area contributed by atoms with E-state index in [-0.39, 0.29) is 11.3 Å². The van der Waals surface area contributed by atoms with E-state index in [1.165, 1.54) is 0 Å². The molecule has 0 aliphatic heterocycles. The SMILES string of the molecule is CC(C)(CNC(=O)c1ccc(I)cc1)CNC(=NC#N)Nc1cccnc1. The minimum absolute atomic E-state index is 0.112. The van der Waals surface area contributed by atoms with Crippen molar-refractivity contribution in [3.8, 4) is 6.19 Å². The van der Waals surface area contributed by atoms with Crippen LogP contribution in [0.3, 0.4) is 0 Å². The summed E-state index contributed by atoms with van der Waals surface area (Å²) in [6.07, 6.45) is 5.08. The highest BCUT2D eigenvalue weighted by Gasteiger charge is 2.20. The summed E-state index contributed by atoms with van der Waals surface area (Å²) >= 11 is 2.20. The molecular weight excluding hydrogens is 455 g/mol. The first-order valence-electron chi connectivity index (χ1n) is 8.31. The van der Waals surface area contributed by atoms with Gasteiger partial charge in [0.25, 0.3) is 5.91 Å². The molecule has 0 saturated carbocycles. The van der Waals surface area contributed by atoms with Gasteiger partial charge >= 0.3 is 0 Å². The number of halogens is 1. The number of hydrogen-bond acceptors (Lipinski definition) is 4. The molecule has 0 saturated heterocycles. The van der Waals surface area contributed by atoms with Gasteiger partial charge in [-0.1, -0.05) is 13.8 Å². The molecule has 2 rings (SSSR count). The van der Waals surface area contributed by atoms with E-state index in [9.17, 15) is 4.79 Å². The molecule has 0 aliphatic rings. The summed E-state index contributed by atoms with van der Waals surface area (Å²) in [6.45, 7) is 5.01. The van der Waals surface area contributed by atoms with Gasteiger partial charge in [0.15, 0.2) is 0 Å². The Hall–Kier alpha value is -2.67. The highest BCUT2D eigenvalue weighted by atomic mass is 127. The molecule has 140 valence electrons. The smallest absolute Gasteiger partial charge is 0.251 e. The van der Waals surface area contributed by atoms with Crippen molar-refractivity contribution in [2.45, 2.75) is 13.8 Å². The number of aromatic nitrogens is 1. The van der Waals surface area contributed by atoms with Crippen LogP contribution >= 0.6 is 22.6 Å². The second kappa shape index (κ2) is 9.87. The van der Waals surface area contributed by atoms with Crippen LogP contribution in [0.5, 0.6) is 0 Å². The number of aliphatic imine (C=N–C) groups is 1. The zero-order valence-corrected chi connectivity index (χ0v) is 17.3. The van der Waals surface area contributed by atoms with E-state index in [1.807, 2.05) is 32.0 Å². The zero-order chi connectivity index (χ0) is 19.7. The molecule has 0 spiro atoms. The van der Waals surface area contributed by atoms with Crippen molar-refractivity contribution in [1.29, 1.82) is 5.26 Å². The number of nitrogens with one attached hydrogen (secondary N) is 3. The number of nitrogens with zero attached hydrogens (tertiary/aromatic N) is 3. The van der Waals surface area contributed by atoms with E-state index >= 15 is 0 Å². The molecule has 3 N–H and O–H groups in total. The van der Waals surface area contributed by atoms with Gasteiger partial charge in [-0.25, -0.2) is 0 Å². The van der Waals surface area contributed by atoms with Crippen LogP contribution < -0.4 is 16.0 Å². The Morgan fingerprint density at radius 3 is 2.56 bits per heavy atom. The minimum Gasteiger partial charge on any atom is -0.355 e. The summed E-state index contributed by atoms with van der Waals surface area (Å²) in [7, 11) is 0. The average Bonchev–Trinajstić information content (AvgIpc) is 2.66. The van der Waals surface area contributed by atoms with Gasteiger partial charge in [-0.3, -0.25) is 9.78 Å². The monoisotopic (exact) mass is 476 g/mol. The molecule has 0 bridgehead atoms. The number of pyridine rings is 1. The average molecular weight is 476 g/mol. The Morgan fingerprint density at radius 1 is 1.22 bits per heavy atom. The highest BCUT2D eigenvalue weighted by molar-refractivity contribution is 14.1. The number of rotatable bonds is 6. The van der Waals surface area contributed by atoms with Gasteiger partial charge in [-0.15, -0.1) is 4.99 Å². The van der Waals surface area contributed by atoms with Crippen LogP contribution in [0, 0.1) is 20.4 Å². The Balaban J connectivity index is 1.88. The Kier molecular flexibility index (Phi) is 7.55. The number of guanidine groups is 1. The normalized spacial score (nSPS) is 11.4. The molecule has 0 fully saturated rings. The van der Waals surface area contributed by atoms with E-state index in [0.29, 0.717) is 24.6 Å². The first kappa shape index (κ1) is 20.6. The van der Waals surface area contributed by atoms with Gasteiger partial charge in [-0.2, -0.15) is 5.26 Å². The van der Waals surface area contributed by atoms with Crippen molar-refractivity contribution in [3.63, 3.8) is 0 Å². The first-order valence-corrected chi connectivity index (χ1v) is 9.39. The van der Waals surface area contributed by atoms with Gasteiger partial charge in [0.2, 0.25) is 12.2 Å². The van der Waals surface area contributed by atoms with Crippen molar-refractivity contribution in [2.75, 3.05) is 18.4 Å². The van der Waals surface area contributed by atoms with Gasteiger partial charge in [0.05, 0.1) is 11.9 Å². The highest BCUT2D eigenvalue weighted by Crippen LogP contribution is 2.13. The second-order valence-corrected chi connectivity index (χ2v) is 7.88. The van der Waals surface area contributed by atoms with Crippen LogP contribution in [0.1, 0.15) is 24.2 Å². The van der Waals surface area contributed by atoms with Crippen molar-refractivity contribution in [2.24, 2.45) is 10.4 Å². The van der Waals surface area contributed by atoms with Crippen LogP contribution in [0.25, 0.3) is 0 Å². The Labute approximate surface area is 172 Å². The molecule has 2 aromatic rings. The number of benzene rings is 1. The van der Waals surface area contributed by atoms with Gasteiger partial charge in [0.1, 0.15) is 0 Å². The standard InChI is InChI=1S/C19H21IN6O/c1-19(2,11-23-17(27)14-5-7-15(20)8-6-14)12-24-18(25-13-21)26-16-4-3-9-22-10-16/h3-10H,11-12H2,1-2H3,(H,23,27)(H2,24,25,26). The summed E-state index contributed by atoms with van der Waals surface area (Å²) < 4.78 is 1.08. The number of nitriles is 1. The quantitative estimate of drug-likeness (QED) is 0.258. The number of hydrogen-bond donors (Lipinski definition) is 3. The van der Waals surface area contributed by atoms with E-state index in [2.05, 4.69) is 48.5 Å². The Bertz CT molecular complexity index is 828. The molecule has 7 nitrogen and oxygen atoms in total. The van der Waals surface area contributed by atoms with Crippen LogP contribution in [0.4, 0.5) is 5.69 Å². The molecule has 27 heavy (non-hydrogen) atoms. The lowest BCUT2D eigenvalue weighted by Crippen LogP contribution is -2.43. The van der Waals surface area contributed by atoms with Crippen molar-refractivity contribution in [3.05, 3.63) is 57.9 Å². The summed E-state index contributed by atoms with van der Waals surface area (Å²) in [5.41, 5.74) is 1.10.